The van der Waals surface area contributed by atoms with Crippen LogP contribution in [0, 0.1) is 18.4 Å². The van der Waals surface area contributed by atoms with Gasteiger partial charge in [-0.3, -0.25) is 9.69 Å². The van der Waals surface area contributed by atoms with E-state index in [2.05, 4.69) is 25.7 Å². The summed E-state index contributed by atoms with van der Waals surface area (Å²) in [6.07, 6.45) is 4.68. The highest BCUT2D eigenvalue weighted by Gasteiger charge is 2.54. The molecule has 1 amide bonds. The number of hydrogen-bond acceptors (Lipinski definition) is 2. The van der Waals surface area contributed by atoms with Crippen LogP contribution < -0.4 is 0 Å². The Balaban J connectivity index is 2.91. The van der Waals surface area contributed by atoms with Crippen molar-refractivity contribution in [2.24, 2.45) is 5.92 Å². The Bertz CT molecular complexity index is 287. The zero-order chi connectivity index (χ0) is 11.1. The molecule has 0 aliphatic carbocycles. The van der Waals surface area contributed by atoms with Gasteiger partial charge in [0.05, 0.1) is 25.8 Å². The highest BCUT2D eigenvalue weighted by Crippen LogP contribution is 2.35. The summed E-state index contributed by atoms with van der Waals surface area (Å²) < 4.78 is 0. The lowest BCUT2D eigenvalue weighted by molar-refractivity contribution is -0.151. The molecule has 3 atom stereocenters. The van der Waals surface area contributed by atoms with Crippen LogP contribution in [0.4, 0.5) is 0 Å². The van der Waals surface area contributed by atoms with E-state index in [-0.39, 0.29) is 17.5 Å². The number of β-lactam (4-membered cyclic amide) rings is 1. The fraction of sp³-hybridized carbons (Fsp3) is 0.700. The molecule has 0 spiro atoms. The predicted molar refractivity (Wildman–Crippen MR) is 58.0 cm³/mol. The molecule has 0 aromatic carbocycles. The fourth-order valence-corrected chi connectivity index (χ4v) is 4.53. The molecule has 1 fully saturated rings. The van der Waals surface area contributed by atoms with Crippen molar-refractivity contribution in [3.05, 3.63) is 0 Å². The summed E-state index contributed by atoms with van der Waals surface area (Å²) in [4.78, 5) is 13.0. The molecule has 0 unspecified atom stereocenters. The topological polar surface area (TPSA) is 40.5 Å². The molecule has 0 bridgehead atoms. The van der Waals surface area contributed by atoms with Crippen molar-refractivity contribution in [1.82, 2.24) is 4.90 Å². The Morgan fingerprint density at radius 3 is 2.36 bits per heavy atom. The van der Waals surface area contributed by atoms with Crippen LogP contribution in [0.2, 0.25) is 19.6 Å². The van der Waals surface area contributed by atoms with Crippen LogP contribution in [-0.2, 0) is 4.79 Å². The van der Waals surface area contributed by atoms with Gasteiger partial charge in [0.1, 0.15) is 0 Å². The number of aliphatic hydroxyl groups is 1. The molecule has 1 saturated heterocycles. The standard InChI is InChI=1S/C10H17NO2Si/c1-6-11-9(13)8(7(2)12)10(11)14(3,4)5/h1,7-8,10,12H,2-5H3/t7-,8+,10+/m1/s1. The van der Waals surface area contributed by atoms with Gasteiger partial charge in [0, 0.05) is 6.04 Å². The molecule has 0 saturated carbocycles. The van der Waals surface area contributed by atoms with E-state index in [9.17, 15) is 9.90 Å². The van der Waals surface area contributed by atoms with Gasteiger partial charge >= 0.3 is 0 Å². The minimum atomic E-state index is -1.52. The molecule has 1 N–H and O–H groups in total. The molecule has 0 aromatic heterocycles. The highest BCUT2D eigenvalue weighted by molar-refractivity contribution is 6.78. The Morgan fingerprint density at radius 1 is 1.57 bits per heavy atom. The van der Waals surface area contributed by atoms with Crippen molar-refractivity contribution < 1.29 is 9.90 Å². The molecule has 1 aliphatic rings. The lowest BCUT2D eigenvalue weighted by Crippen LogP contribution is -2.70. The summed E-state index contributed by atoms with van der Waals surface area (Å²) in [5.74, 6) is -0.382. The molecule has 0 aromatic rings. The summed E-state index contributed by atoms with van der Waals surface area (Å²) in [6, 6.07) is 2.40. The van der Waals surface area contributed by atoms with E-state index in [0.717, 1.165) is 0 Å². The second-order valence-corrected chi connectivity index (χ2v) is 10.2. The van der Waals surface area contributed by atoms with Gasteiger partial charge in [-0.05, 0) is 6.92 Å². The molecule has 4 heteroatoms. The molecule has 14 heavy (non-hydrogen) atoms. The van der Waals surface area contributed by atoms with Crippen LogP contribution in [0.3, 0.4) is 0 Å². The van der Waals surface area contributed by atoms with E-state index in [0.29, 0.717) is 0 Å². The largest absolute Gasteiger partial charge is 0.393 e. The number of nitrogens with zero attached hydrogens (tertiary/aromatic N) is 1. The van der Waals surface area contributed by atoms with Crippen LogP contribution in [0.1, 0.15) is 6.92 Å². The summed E-state index contributed by atoms with van der Waals surface area (Å²) >= 11 is 0. The van der Waals surface area contributed by atoms with Crippen LogP contribution in [0.15, 0.2) is 0 Å². The predicted octanol–water partition coefficient (Wildman–Crippen LogP) is 0.662. The maximum atomic E-state index is 11.5. The van der Waals surface area contributed by atoms with E-state index in [1.807, 2.05) is 0 Å². The second kappa shape index (κ2) is 3.41. The second-order valence-electron chi connectivity index (χ2n) is 4.91. The van der Waals surface area contributed by atoms with Crippen molar-refractivity contribution in [2.45, 2.75) is 38.3 Å². The maximum Gasteiger partial charge on any atom is 0.241 e. The third-order valence-corrected chi connectivity index (χ3v) is 5.08. The van der Waals surface area contributed by atoms with Gasteiger partial charge in [-0.25, -0.2) is 0 Å². The van der Waals surface area contributed by atoms with Crippen LogP contribution in [0.25, 0.3) is 0 Å². The molecule has 0 radical (unpaired) electrons. The minimum Gasteiger partial charge on any atom is -0.393 e. The van der Waals surface area contributed by atoms with Crippen molar-refractivity contribution in [2.75, 3.05) is 0 Å². The molecule has 1 heterocycles. The maximum absolute atomic E-state index is 11.5. The van der Waals surface area contributed by atoms with Gasteiger partial charge in [0.2, 0.25) is 5.91 Å². The molecule has 78 valence electrons. The number of amides is 1. The minimum absolute atomic E-state index is 0.0833. The van der Waals surface area contributed by atoms with E-state index in [1.165, 1.54) is 4.90 Å². The molecular formula is C10H17NO2Si. The van der Waals surface area contributed by atoms with Crippen LogP contribution in [-0.4, -0.2) is 35.8 Å². The lowest BCUT2D eigenvalue weighted by Gasteiger charge is -2.50. The molecular weight excluding hydrogens is 194 g/mol. The van der Waals surface area contributed by atoms with E-state index in [1.54, 1.807) is 6.92 Å². The summed E-state index contributed by atoms with van der Waals surface area (Å²) in [6.45, 7) is 8.13. The number of rotatable bonds is 2. The third kappa shape index (κ3) is 1.58. The van der Waals surface area contributed by atoms with E-state index >= 15 is 0 Å². The molecule has 1 aliphatic heterocycles. The SMILES string of the molecule is C#CN1C(=O)[C@H]([C@@H](C)O)[C@@H]1[Si](C)(C)C. The Kier molecular flexibility index (Phi) is 2.75. The first-order valence-electron chi connectivity index (χ1n) is 4.78. The van der Waals surface area contributed by atoms with Gasteiger partial charge < -0.3 is 5.11 Å². The normalized spacial score (nSPS) is 29.4. The van der Waals surface area contributed by atoms with Crippen LogP contribution >= 0.6 is 0 Å². The average molecular weight is 211 g/mol. The first-order valence-corrected chi connectivity index (χ1v) is 8.36. The smallest absolute Gasteiger partial charge is 0.241 e. The van der Waals surface area contributed by atoms with Crippen molar-refractivity contribution in [3.63, 3.8) is 0 Å². The van der Waals surface area contributed by atoms with Crippen molar-refractivity contribution >= 4 is 14.0 Å². The van der Waals surface area contributed by atoms with Gasteiger partial charge in [0.15, 0.2) is 0 Å². The van der Waals surface area contributed by atoms with Gasteiger partial charge in [-0.2, -0.15) is 0 Å². The Hall–Kier alpha value is -0.793. The third-order valence-electron chi connectivity index (χ3n) is 2.69. The summed E-state index contributed by atoms with van der Waals surface area (Å²) in [5, 5.41) is 9.50. The van der Waals surface area contributed by atoms with Crippen molar-refractivity contribution in [3.8, 4) is 12.5 Å². The van der Waals surface area contributed by atoms with Gasteiger partial charge in [-0.15, -0.1) is 0 Å². The van der Waals surface area contributed by atoms with E-state index < -0.39 is 14.2 Å². The summed E-state index contributed by atoms with van der Waals surface area (Å²) in [5.41, 5.74) is 0.0833. The number of aliphatic hydroxyl groups excluding tert-OH is 1. The Morgan fingerprint density at radius 2 is 2.07 bits per heavy atom. The van der Waals surface area contributed by atoms with E-state index in [4.69, 9.17) is 6.42 Å². The number of terminal acetylenes is 1. The van der Waals surface area contributed by atoms with Crippen molar-refractivity contribution in [1.29, 1.82) is 0 Å². The zero-order valence-electron chi connectivity index (χ0n) is 9.11. The van der Waals surface area contributed by atoms with Gasteiger partial charge in [0.25, 0.3) is 0 Å². The summed E-state index contributed by atoms with van der Waals surface area (Å²) in [7, 11) is -1.52. The first-order chi connectivity index (χ1) is 6.30. The Labute approximate surface area is 86.1 Å². The molecule has 1 rings (SSSR count). The van der Waals surface area contributed by atoms with Gasteiger partial charge in [-0.1, -0.05) is 26.1 Å². The number of likely N-dealkylation sites (tertiary alicyclic amines) is 1. The quantitative estimate of drug-likeness (QED) is 0.414. The molecule has 3 nitrogen and oxygen atoms in total. The number of hydrogen-bond donors (Lipinski definition) is 1. The zero-order valence-corrected chi connectivity index (χ0v) is 10.1. The lowest BCUT2D eigenvalue weighted by atomic mass is 9.93. The highest BCUT2D eigenvalue weighted by atomic mass is 28.3. The monoisotopic (exact) mass is 211 g/mol. The number of carbonyl (C=O) groups excluding carboxylic acids is 1. The average Bonchev–Trinajstić information content (AvgIpc) is 1.97. The number of carbonyl (C=O) groups is 1. The van der Waals surface area contributed by atoms with Crippen LogP contribution in [0.5, 0.6) is 0 Å². The first kappa shape index (κ1) is 11.3. The fourth-order valence-electron chi connectivity index (χ4n) is 2.05.